The van der Waals surface area contributed by atoms with E-state index in [4.69, 9.17) is 16.6 Å². The molecule has 0 unspecified atom stereocenters. The van der Waals surface area contributed by atoms with E-state index in [0.29, 0.717) is 0 Å². The minimum absolute atomic E-state index is 0.0367. The maximum atomic E-state index is 10.9. The second-order valence-electron chi connectivity index (χ2n) is 2.62. The lowest BCUT2D eigenvalue weighted by Gasteiger charge is -1.96. The van der Waals surface area contributed by atoms with Gasteiger partial charge in [0.1, 0.15) is 0 Å². The second kappa shape index (κ2) is 4.56. The maximum absolute atomic E-state index is 10.9. The molecule has 1 heterocycles. The summed E-state index contributed by atoms with van der Waals surface area (Å²) in [5.74, 6) is -2.04. The number of nitrogens with two attached hydrogens (primary N) is 1. The Hall–Kier alpha value is -1.89. The number of nitrogen functional groups attached to an aromatic ring is 1. The number of nitrogens with one attached hydrogen (secondary N) is 1. The molecule has 0 aliphatic rings. The summed E-state index contributed by atoms with van der Waals surface area (Å²) in [5.41, 5.74) is 12.5. The number of hydrogen-bond donors (Lipinski definition) is 2. The molecule has 7 heteroatoms. The highest BCUT2D eigenvalue weighted by Crippen LogP contribution is 2.19. The largest absolute Gasteiger partial charge is 0.481 e. The van der Waals surface area contributed by atoms with Crippen LogP contribution in [0.25, 0.3) is 5.57 Å². The first-order valence-electron chi connectivity index (χ1n) is 3.90. The quantitative estimate of drug-likeness (QED) is 0.720. The van der Waals surface area contributed by atoms with Crippen LogP contribution in [-0.2, 0) is 9.59 Å². The number of amides is 1. The van der Waals surface area contributed by atoms with Gasteiger partial charge in [-0.1, -0.05) is 6.08 Å². The molecular formula is C8H8N3O3S. The number of carboxylic acid groups (broad SMARTS) is 1. The zero-order valence-electron chi connectivity index (χ0n) is 7.56. The topological polar surface area (TPSA) is 117 Å². The molecule has 79 valence electrons. The van der Waals surface area contributed by atoms with Crippen LogP contribution in [0, 0.1) is 0 Å². The van der Waals surface area contributed by atoms with Crippen LogP contribution >= 0.6 is 11.3 Å². The van der Waals surface area contributed by atoms with E-state index < -0.39 is 11.9 Å². The van der Waals surface area contributed by atoms with Gasteiger partial charge in [0, 0.05) is 5.38 Å². The van der Waals surface area contributed by atoms with Crippen LogP contribution in [0.1, 0.15) is 12.1 Å². The van der Waals surface area contributed by atoms with Crippen molar-refractivity contribution in [2.75, 3.05) is 5.73 Å². The van der Waals surface area contributed by atoms with Crippen LogP contribution in [-0.4, -0.2) is 22.0 Å². The van der Waals surface area contributed by atoms with Crippen LogP contribution < -0.4 is 11.5 Å². The molecule has 0 saturated carbocycles. The molecule has 0 fully saturated rings. The van der Waals surface area contributed by atoms with Gasteiger partial charge in [-0.25, -0.2) is 4.98 Å². The van der Waals surface area contributed by atoms with E-state index in [1.807, 2.05) is 0 Å². The molecule has 0 aliphatic heterocycles. The van der Waals surface area contributed by atoms with Gasteiger partial charge >= 0.3 is 5.97 Å². The standard InChI is InChI=1S/C8H8N3O3S/c9-7(14)4(1-2-6(12)13)5-3-15-8(10)11-5/h1,3,9H,2H2,(H2,10,11)(H,12,13)/b4-1+. The van der Waals surface area contributed by atoms with Gasteiger partial charge < -0.3 is 10.8 Å². The van der Waals surface area contributed by atoms with Crippen molar-refractivity contribution in [2.24, 2.45) is 0 Å². The van der Waals surface area contributed by atoms with Gasteiger partial charge in [0.15, 0.2) is 5.13 Å². The maximum Gasteiger partial charge on any atom is 0.307 e. The van der Waals surface area contributed by atoms with Gasteiger partial charge in [-0.3, -0.25) is 15.3 Å². The Morgan fingerprint density at radius 2 is 2.33 bits per heavy atom. The van der Waals surface area contributed by atoms with Gasteiger partial charge in [0.25, 0.3) is 5.91 Å². The van der Waals surface area contributed by atoms with Crippen LogP contribution in [0.4, 0.5) is 5.13 Å². The lowest BCUT2D eigenvalue weighted by atomic mass is 10.1. The second-order valence-corrected chi connectivity index (χ2v) is 3.51. The minimum atomic E-state index is -1.07. The van der Waals surface area contributed by atoms with E-state index >= 15 is 0 Å². The lowest BCUT2D eigenvalue weighted by Crippen LogP contribution is -2.04. The van der Waals surface area contributed by atoms with Crippen LogP contribution in [0.3, 0.4) is 0 Å². The zero-order valence-corrected chi connectivity index (χ0v) is 8.37. The van der Waals surface area contributed by atoms with Crippen molar-refractivity contribution in [1.29, 1.82) is 0 Å². The Balaban J connectivity index is 2.98. The summed E-state index contributed by atoms with van der Waals surface area (Å²) in [6.45, 7) is 0. The number of carbonyl (C=O) groups is 2. The number of thiazole rings is 1. The molecule has 0 saturated heterocycles. The van der Waals surface area contributed by atoms with Crippen molar-refractivity contribution in [3.05, 3.63) is 17.2 Å². The highest BCUT2D eigenvalue weighted by molar-refractivity contribution is 7.13. The Morgan fingerprint density at radius 3 is 2.73 bits per heavy atom. The Kier molecular flexibility index (Phi) is 3.40. The molecule has 0 aliphatic carbocycles. The van der Waals surface area contributed by atoms with Crippen LogP contribution in [0.5, 0.6) is 0 Å². The third-order valence-corrected chi connectivity index (χ3v) is 2.20. The molecule has 15 heavy (non-hydrogen) atoms. The van der Waals surface area contributed by atoms with E-state index in [9.17, 15) is 9.59 Å². The van der Waals surface area contributed by atoms with Gasteiger partial charge in [0.05, 0.1) is 17.7 Å². The predicted molar refractivity (Wildman–Crippen MR) is 54.9 cm³/mol. The highest BCUT2D eigenvalue weighted by Gasteiger charge is 2.12. The van der Waals surface area contributed by atoms with Crippen molar-refractivity contribution >= 4 is 33.9 Å². The number of aromatic nitrogens is 1. The third kappa shape index (κ3) is 3.06. The van der Waals surface area contributed by atoms with E-state index in [-0.39, 0.29) is 22.8 Å². The number of aliphatic carboxylic acids is 1. The number of hydrogen-bond acceptors (Lipinski definition) is 5. The first-order valence-corrected chi connectivity index (χ1v) is 4.78. The fraction of sp³-hybridized carbons (Fsp3) is 0.125. The monoisotopic (exact) mass is 226 g/mol. The average Bonchev–Trinajstić information content (AvgIpc) is 2.51. The number of carboxylic acids is 1. The van der Waals surface area contributed by atoms with Gasteiger partial charge in [0.2, 0.25) is 0 Å². The van der Waals surface area contributed by atoms with Crippen LogP contribution in [0.2, 0.25) is 0 Å². The molecule has 0 atom stereocenters. The minimum Gasteiger partial charge on any atom is -0.481 e. The fourth-order valence-electron chi connectivity index (χ4n) is 0.914. The van der Waals surface area contributed by atoms with Crippen molar-refractivity contribution in [2.45, 2.75) is 6.42 Å². The fourth-order valence-corrected chi connectivity index (χ4v) is 1.48. The molecule has 4 N–H and O–H groups in total. The summed E-state index contributed by atoms with van der Waals surface area (Å²) >= 11 is 1.13. The molecule has 0 spiro atoms. The number of anilines is 1. The molecule has 1 amide bonds. The summed E-state index contributed by atoms with van der Waals surface area (Å²) in [6, 6.07) is 0. The molecule has 0 bridgehead atoms. The summed E-state index contributed by atoms with van der Waals surface area (Å²) in [4.78, 5) is 25.0. The summed E-state index contributed by atoms with van der Waals surface area (Å²) in [7, 11) is 0. The van der Waals surface area contributed by atoms with E-state index in [1.165, 1.54) is 5.38 Å². The van der Waals surface area contributed by atoms with Gasteiger partial charge in [-0.05, 0) is 0 Å². The Morgan fingerprint density at radius 1 is 1.67 bits per heavy atom. The number of nitrogens with zero attached hydrogens (tertiary/aromatic N) is 1. The predicted octanol–water partition coefficient (Wildman–Crippen LogP) is 0.393. The van der Waals surface area contributed by atoms with Crippen molar-refractivity contribution in [3.8, 4) is 0 Å². The zero-order chi connectivity index (χ0) is 11.4. The molecule has 1 rings (SSSR count). The molecule has 0 aromatic carbocycles. The van der Waals surface area contributed by atoms with E-state index in [0.717, 1.165) is 17.4 Å². The van der Waals surface area contributed by atoms with E-state index in [2.05, 4.69) is 4.98 Å². The molecule has 1 aromatic rings. The normalized spacial score (nSPS) is 11.3. The lowest BCUT2D eigenvalue weighted by molar-refractivity contribution is -0.135. The summed E-state index contributed by atoms with van der Waals surface area (Å²) < 4.78 is 0. The number of rotatable bonds is 4. The molecule has 1 radical (unpaired) electrons. The Labute approximate surface area is 89.2 Å². The van der Waals surface area contributed by atoms with Gasteiger partial charge in [-0.15, -0.1) is 11.3 Å². The summed E-state index contributed by atoms with van der Waals surface area (Å²) in [5, 5.41) is 10.2. The third-order valence-electron chi connectivity index (χ3n) is 1.52. The molecular weight excluding hydrogens is 218 g/mol. The smallest absolute Gasteiger partial charge is 0.307 e. The Bertz CT molecular complexity index is 425. The molecule has 6 nitrogen and oxygen atoms in total. The number of carbonyl (C=O) groups excluding carboxylic acids is 1. The summed E-state index contributed by atoms with van der Waals surface area (Å²) in [6.07, 6.45) is 0.837. The first kappa shape index (κ1) is 11.2. The highest BCUT2D eigenvalue weighted by atomic mass is 32.1. The van der Waals surface area contributed by atoms with Crippen LogP contribution in [0.15, 0.2) is 11.5 Å². The van der Waals surface area contributed by atoms with E-state index in [1.54, 1.807) is 0 Å². The average molecular weight is 226 g/mol. The van der Waals surface area contributed by atoms with Crippen molar-refractivity contribution in [3.63, 3.8) is 0 Å². The first-order chi connectivity index (χ1) is 7.00. The van der Waals surface area contributed by atoms with Crippen molar-refractivity contribution < 1.29 is 14.7 Å². The molecule has 1 aromatic heterocycles. The van der Waals surface area contributed by atoms with Gasteiger partial charge in [-0.2, -0.15) is 0 Å². The SMILES string of the molecule is [NH]C(=O)/C(=C/CC(=O)O)c1csc(N)n1. The van der Waals surface area contributed by atoms with Crippen molar-refractivity contribution in [1.82, 2.24) is 10.7 Å².